The molecule has 0 spiro atoms. The lowest BCUT2D eigenvalue weighted by molar-refractivity contribution is 0.643. The van der Waals surface area contributed by atoms with Crippen molar-refractivity contribution in [2.75, 3.05) is 0 Å². The van der Waals surface area contributed by atoms with Gasteiger partial charge in [-0.05, 0) is 35.9 Å². The Hall–Kier alpha value is -3.40. The molecular formula is C21H13N3O. The molecular weight excluding hydrogens is 310 g/mol. The first kappa shape index (κ1) is 13.0. The van der Waals surface area contributed by atoms with Crippen LogP contribution < -0.4 is 0 Å². The van der Waals surface area contributed by atoms with Gasteiger partial charge in [-0.3, -0.25) is 9.55 Å². The molecule has 1 aliphatic heterocycles. The normalized spacial score (nSPS) is 12.6. The SMILES string of the molecule is c1ccc(-c2cccc3c2oc2c3nc3n2-c2ccccc2C3)nc1. The molecule has 0 N–H and O–H groups in total. The predicted octanol–water partition coefficient (Wildman–Crippen LogP) is 4.74. The Balaban J connectivity index is 1.70. The second kappa shape index (κ2) is 4.57. The zero-order chi connectivity index (χ0) is 16.4. The Bertz CT molecular complexity index is 1260. The van der Waals surface area contributed by atoms with Crippen molar-refractivity contribution < 1.29 is 4.42 Å². The van der Waals surface area contributed by atoms with E-state index >= 15 is 0 Å². The topological polar surface area (TPSA) is 43.9 Å². The second-order valence-corrected chi connectivity index (χ2v) is 6.32. The maximum absolute atomic E-state index is 6.34. The number of rotatable bonds is 1. The van der Waals surface area contributed by atoms with Gasteiger partial charge in [0.05, 0.1) is 11.4 Å². The van der Waals surface area contributed by atoms with Gasteiger partial charge < -0.3 is 4.42 Å². The summed E-state index contributed by atoms with van der Waals surface area (Å²) in [5.74, 6) is 1.04. The van der Waals surface area contributed by atoms with E-state index in [1.54, 1.807) is 6.20 Å². The van der Waals surface area contributed by atoms with E-state index in [2.05, 4.69) is 39.9 Å². The molecule has 5 aromatic rings. The van der Waals surface area contributed by atoms with Crippen molar-refractivity contribution >= 4 is 22.2 Å². The van der Waals surface area contributed by atoms with Gasteiger partial charge in [-0.1, -0.05) is 30.3 Å². The minimum absolute atomic E-state index is 0.818. The average Bonchev–Trinajstić information content (AvgIpc) is 3.29. The molecule has 4 nitrogen and oxygen atoms in total. The molecule has 2 aromatic carbocycles. The van der Waals surface area contributed by atoms with Crippen LogP contribution in [0.4, 0.5) is 0 Å². The molecule has 0 atom stereocenters. The molecule has 0 bridgehead atoms. The molecule has 1 aliphatic rings. The molecule has 0 saturated carbocycles. The van der Waals surface area contributed by atoms with Gasteiger partial charge in [-0.15, -0.1) is 0 Å². The minimum atomic E-state index is 0.818. The zero-order valence-corrected chi connectivity index (χ0v) is 13.3. The predicted molar refractivity (Wildman–Crippen MR) is 96.9 cm³/mol. The Morgan fingerprint density at radius 3 is 2.76 bits per heavy atom. The van der Waals surface area contributed by atoms with Crippen molar-refractivity contribution in [3.63, 3.8) is 0 Å². The highest BCUT2D eigenvalue weighted by atomic mass is 16.3. The molecule has 118 valence electrons. The van der Waals surface area contributed by atoms with E-state index in [-0.39, 0.29) is 0 Å². The van der Waals surface area contributed by atoms with E-state index < -0.39 is 0 Å². The van der Waals surface area contributed by atoms with Crippen molar-refractivity contribution in [3.8, 4) is 16.9 Å². The summed E-state index contributed by atoms with van der Waals surface area (Å²) < 4.78 is 8.48. The van der Waals surface area contributed by atoms with Crippen LogP contribution in [0.25, 0.3) is 39.1 Å². The monoisotopic (exact) mass is 323 g/mol. The molecule has 0 aliphatic carbocycles. The molecule has 25 heavy (non-hydrogen) atoms. The highest BCUT2D eigenvalue weighted by molar-refractivity contribution is 6.07. The number of benzene rings is 2. The summed E-state index contributed by atoms with van der Waals surface area (Å²) >= 11 is 0. The van der Waals surface area contributed by atoms with Crippen LogP contribution in [0.2, 0.25) is 0 Å². The fourth-order valence-corrected chi connectivity index (χ4v) is 3.79. The third kappa shape index (κ3) is 1.66. The van der Waals surface area contributed by atoms with Crippen LogP contribution in [0.5, 0.6) is 0 Å². The van der Waals surface area contributed by atoms with E-state index in [0.717, 1.165) is 45.7 Å². The Kier molecular flexibility index (Phi) is 2.37. The lowest BCUT2D eigenvalue weighted by atomic mass is 10.1. The molecule has 0 amide bonds. The van der Waals surface area contributed by atoms with Crippen LogP contribution in [0.3, 0.4) is 0 Å². The number of fused-ring (bicyclic) bond motifs is 7. The summed E-state index contributed by atoms with van der Waals surface area (Å²) in [6.07, 6.45) is 2.65. The first-order valence-electron chi connectivity index (χ1n) is 8.33. The average molecular weight is 323 g/mol. The molecule has 4 heterocycles. The summed E-state index contributed by atoms with van der Waals surface area (Å²) in [5.41, 5.74) is 6.95. The van der Waals surface area contributed by atoms with Gasteiger partial charge in [0.2, 0.25) is 5.71 Å². The summed E-state index contributed by atoms with van der Waals surface area (Å²) in [5, 5.41) is 1.04. The Labute approximate surface area is 143 Å². The van der Waals surface area contributed by atoms with Crippen molar-refractivity contribution in [1.82, 2.24) is 14.5 Å². The molecule has 6 rings (SSSR count). The van der Waals surface area contributed by atoms with E-state index in [1.807, 2.05) is 30.3 Å². The van der Waals surface area contributed by atoms with Crippen molar-refractivity contribution in [2.45, 2.75) is 6.42 Å². The second-order valence-electron chi connectivity index (χ2n) is 6.32. The zero-order valence-electron chi connectivity index (χ0n) is 13.3. The van der Waals surface area contributed by atoms with E-state index in [4.69, 9.17) is 9.40 Å². The van der Waals surface area contributed by atoms with Crippen LogP contribution in [-0.2, 0) is 6.42 Å². The highest BCUT2D eigenvalue weighted by Gasteiger charge is 2.26. The van der Waals surface area contributed by atoms with Gasteiger partial charge in [0.25, 0.3) is 0 Å². The number of para-hydroxylation sites is 2. The minimum Gasteiger partial charge on any atom is -0.437 e. The highest BCUT2D eigenvalue weighted by Crippen LogP contribution is 2.39. The van der Waals surface area contributed by atoms with E-state index in [0.29, 0.717) is 0 Å². The fraction of sp³-hybridized carbons (Fsp3) is 0.0476. The molecule has 0 saturated heterocycles. The number of imidazole rings is 1. The molecule has 0 radical (unpaired) electrons. The maximum atomic E-state index is 6.34. The van der Waals surface area contributed by atoms with Crippen LogP contribution in [0.15, 0.2) is 71.3 Å². The number of nitrogens with zero attached hydrogens (tertiary/aromatic N) is 3. The standard InChI is InChI=1S/C21H13N3O/c1-2-10-17-13(6-1)12-18-23-19-15-8-5-7-14(16-9-3-4-11-22-16)20(15)25-21(19)24(17)18/h1-11H,12H2. The lowest BCUT2D eigenvalue weighted by Crippen LogP contribution is -1.90. The maximum Gasteiger partial charge on any atom is 0.232 e. The van der Waals surface area contributed by atoms with Gasteiger partial charge in [0.1, 0.15) is 16.9 Å². The van der Waals surface area contributed by atoms with Gasteiger partial charge in [0, 0.05) is 23.6 Å². The summed E-state index contributed by atoms with van der Waals surface area (Å²) in [6.45, 7) is 0. The quantitative estimate of drug-likeness (QED) is 0.439. The first-order valence-corrected chi connectivity index (χ1v) is 8.33. The number of furan rings is 1. The van der Waals surface area contributed by atoms with Crippen LogP contribution in [0, 0.1) is 0 Å². The molecule has 3 aromatic heterocycles. The number of hydrogen-bond acceptors (Lipinski definition) is 3. The summed E-state index contributed by atoms with van der Waals surface area (Å²) in [6, 6.07) is 20.5. The van der Waals surface area contributed by atoms with Gasteiger partial charge in [-0.2, -0.15) is 0 Å². The first-order chi connectivity index (χ1) is 12.4. The van der Waals surface area contributed by atoms with Crippen molar-refractivity contribution in [2.24, 2.45) is 0 Å². The fourth-order valence-electron chi connectivity index (χ4n) is 3.79. The van der Waals surface area contributed by atoms with E-state index in [1.165, 1.54) is 11.3 Å². The van der Waals surface area contributed by atoms with Crippen LogP contribution in [-0.4, -0.2) is 14.5 Å². The van der Waals surface area contributed by atoms with E-state index in [9.17, 15) is 0 Å². The van der Waals surface area contributed by atoms with Crippen molar-refractivity contribution in [1.29, 1.82) is 0 Å². The smallest absolute Gasteiger partial charge is 0.232 e. The van der Waals surface area contributed by atoms with Gasteiger partial charge in [0.15, 0.2) is 0 Å². The van der Waals surface area contributed by atoms with Crippen LogP contribution >= 0.6 is 0 Å². The molecule has 0 fully saturated rings. The Morgan fingerprint density at radius 2 is 1.84 bits per heavy atom. The summed E-state index contributed by atoms with van der Waals surface area (Å²) in [7, 11) is 0. The Morgan fingerprint density at radius 1 is 0.920 bits per heavy atom. The van der Waals surface area contributed by atoms with Gasteiger partial charge >= 0.3 is 0 Å². The van der Waals surface area contributed by atoms with Crippen LogP contribution in [0.1, 0.15) is 11.4 Å². The van der Waals surface area contributed by atoms with Gasteiger partial charge in [-0.25, -0.2) is 4.98 Å². The number of hydrogen-bond donors (Lipinski definition) is 0. The number of pyridine rings is 1. The lowest BCUT2D eigenvalue weighted by Gasteiger charge is -2.02. The third-order valence-corrected chi connectivity index (χ3v) is 4.90. The molecule has 0 unspecified atom stereocenters. The molecule has 4 heteroatoms. The number of aromatic nitrogens is 3. The largest absolute Gasteiger partial charge is 0.437 e. The summed E-state index contributed by atoms with van der Waals surface area (Å²) in [4.78, 5) is 9.35. The third-order valence-electron chi connectivity index (χ3n) is 4.90. The van der Waals surface area contributed by atoms with Crippen molar-refractivity contribution in [3.05, 3.63) is 78.2 Å².